The van der Waals surface area contributed by atoms with Crippen LogP contribution in [0.2, 0.25) is 5.02 Å². The molecule has 2 aromatic rings. The maximum Gasteiger partial charge on any atom is 0.226 e. The highest BCUT2D eigenvalue weighted by atomic mass is 35.5. The molecule has 0 saturated heterocycles. The van der Waals surface area contributed by atoms with Crippen molar-refractivity contribution in [3.8, 4) is 5.75 Å². The third-order valence-electron chi connectivity index (χ3n) is 3.90. The molecule has 0 aliphatic carbocycles. The summed E-state index contributed by atoms with van der Waals surface area (Å²) < 4.78 is 5.22. The van der Waals surface area contributed by atoms with E-state index >= 15 is 0 Å². The summed E-state index contributed by atoms with van der Waals surface area (Å²) in [5.74, 6) is 0.199. The summed E-state index contributed by atoms with van der Waals surface area (Å²) in [4.78, 5) is 26.0. The van der Waals surface area contributed by atoms with Crippen LogP contribution in [0.25, 0.3) is 0 Å². The molecule has 2 amide bonds. The molecule has 2 aromatic carbocycles. The van der Waals surface area contributed by atoms with Gasteiger partial charge >= 0.3 is 0 Å². The standard InChI is InChI=1S/C20H23ClN2O3/c1-13-9-14(2)11-17(10-13)23(15(3)24)8-7-20(25)22-18-12-16(21)5-6-19(18)26-4/h5-6,9-12H,7-8H2,1-4H3,(H,22,25). The predicted molar refractivity (Wildman–Crippen MR) is 105 cm³/mol. The SMILES string of the molecule is COc1ccc(Cl)cc1NC(=O)CCN(C(C)=O)c1cc(C)cc(C)c1. The Morgan fingerprint density at radius 2 is 1.77 bits per heavy atom. The number of nitrogens with one attached hydrogen (secondary N) is 1. The summed E-state index contributed by atoms with van der Waals surface area (Å²) in [7, 11) is 1.52. The van der Waals surface area contributed by atoms with Gasteiger partial charge in [-0.1, -0.05) is 17.7 Å². The van der Waals surface area contributed by atoms with E-state index in [2.05, 4.69) is 5.32 Å². The highest BCUT2D eigenvalue weighted by molar-refractivity contribution is 6.31. The first-order valence-corrected chi connectivity index (χ1v) is 8.67. The van der Waals surface area contributed by atoms with Crippen molar-refractivity contribution in [2.24, 2.45) is 0 Å². The van der Waals surface area contributed by atoms with E-state index in [9.17, 15) is 9.59 Å². The fourth-order valence-corrected chi connectivity index (χ4v) is 2.95. The number of hydrogen-bond donors (Lipinski definition) is 1. The zero-order valence-corrected chi connectivity index (χ0v) is 16.2. The maximum absolute atomic E-state index is 12.3. The number of hydrogen-bond acceptors (Lipinski definition) is 3. The second-order valence-corrected chi connectivity index (χ2v) is 6.60. The lowest BCUT2D eigenvalue weighted by Crippen LogP contribution is -2.32. The van der Waals surface area contributed by atoms with Crippen molar-refractivity contribution in [3.63, 3.8) is 0 Å². The summed E-state index contributed by atoms with van der Waals surface area (Å²) >= 11 is 5.98. The van der Waals surface area contributed by atoms with Crippen LogP contribution in [0.15, 0.2) is 36.4 Å². The average Bonchev–Trinajstić information content (AvgIpc) is 2.54. The minimum atomic E-state index is -0.221. The summed E-state index contributed by atoms with van der Waals surface area (Å²) in [5.41, 5.74) is 3.44. The summed E-state index contributed by atoms with van der Waals surface area (Å²) in [6.45, 7) is 5.74. The van der Waals surface area contributed by atoms with E-state index in [1.807, 2.05) is 32.0 Å². The molecule has 0 heterocycles. The lowest BCUT2D eigenvalue weighted by atomic mass is 10.1. The number of nitrogens with zero attached hydrogens (tertiary/aromatic N) is 1. The number of anilines is 2. The molecule has 0 aliphatic rings. The number of carbonyl (C=O) groups is 2. The Hall–Kier alpha value is -2.53. The lowest BCUT2D eigenvalue weighted by molar-refractivity contribution is -0.117. The van der Waals surface area contributed by atoms with Crippen LogP contribution in [0.3, 0.4) is 0 Å². The Labute approximate surface area is 158 Å². The molecule has 1 N–H and O–H groups in total. The van der Waals surface area contributed by atoms with Crippen LogP contribution in [0.1, 0.15) is 24.5 Å². The number of aryl methyl sites for hydroxylation is 2. The second kappa shape index (κ2) is 8.72. The molecule has 26 heavy (non-hydrogen) atoms. The molecule has 6 heteroatoms. The van der Waals surface area contributed by atoms with E-state index in [1.165, 1.54) is 14.0 Å². The summed E-state index contributed by atoms with van der Waals surface area (Å²) in [6, 6.07) is 10.9. The third kappa shape index (κ3) is 5.23. The van der Waals surface area contributed by atoms with E-state index in [0.29, 0.717) is 16.5 Å². The Morgan fingerprint density at radius 1 is 1.12 bits per heavy atom. The number of rotatable bonds is 6. The van der Waals surface area contributed by atoms with Crippen LogP contribution in [0, 0.1) is 13.8 Å². The first kappa shape index (κ1) is 19.8. The first-order valence-electron chi connectivity index (χ1n) is 8.30. The molecule has 0 saturated carbocycles. The van der Waals surface area contributed by atoms with Crippen molar-refractivity contribution in [3.05, 3.63) is 52.5 Å². The molecule has 0 radical (unpaired) electrons. The number of ether oxygens (including phenoxy) is 1. The molecule has 2 rings (SSSR count). The van der Waals surface area contributed by atoms with Gasteiger partial charge in [0.25, 0.3) is 0 Å². The monoisotopic (exact) mass is 374 g/mol. The Kier molecular flexibility index (Phi) is 6.64. The zero-order valence-electron chi connectivity index (χ0n) is 15.4. The fourth-order valence-electron chi connectivity index (χ4n) is 2.78. The third-order valence-corrected chi connectivity index (χ3v) is 4.13. The Bertz CT molecular complexity index is 800. The molecule has 0 atom stereocenters. The van der Waals surface area contributed by atoms with E-state index in [4.69, 9.17) is 16.3 Å². The van der Waals surface area contributed by atoms with Gasteiger partial charge in [0.1, 0.15) is 5.75 Å². The predicted octanol–water partition coefficient (Wildman–Crippen LogP) is 4.35. The normalized spacial score (nSPS) is 10.3. The van der Waals surface area contributed by atoms with E-state index in [-0.39, 0.29) is 24.8 Å². The summed E-state index contributed by atoms with van der Waals surface area (Å²) in [5, 5.41) is 3.29. The van der Waals surface area contributed by atoms with Crippen LogP contribution in [-0.2, 0) is 9.59 Å². The molecule has 0 aromatic heterocycles. The Morgan fingerprint density at radius 3 is 2.35 bits per heavy atom. The number of amides is 2. The molecule has 0 fully saturated rings. The second-order valence-electron chi connectivity index (χ2n) is 6.16. The van der Waals surface area contributed by atoms with Gasteiger partial charge in [0.15, 0.2) is 0 Å². The number of methoxy groups -OCH3 is 1. The van der Waals surface area contributed by atoms with Crippen LogP contribution >= 0.6 is 11.6 Å². The molecule has 0 spiro atoms. The van der Waals surface area contributed by atoms with E-state index in [0.717, 1.165) is 16.8 Å². The number of carbonyl (C=O) groups excluding carboxylic acids is 2. The van der Waals surface area contributed by atoms with Gasteiger partial charge in [-0.05, 0) is 55.3 Å². The summed E-state index contributed by atoms with van der Waals surface area (Å²) in [6.07, 6.45) is 0.155. The van der Waals surface area contributed by atoms with Crippen molar-refractivity contribution in [2.75, 3.05) is 23.9 Å². The molecular formula is C20H23ClN2O3. The maximum atomic E-state index is 12.3. The minimum absolute atomic E-state index is 0.108. The highest BCUT2D eigenvalue weighted by Crippen LogP contribution is 2.28. The molecular weight excluding hydrogens is 352 g/mol. The number of benzene rings is 2. The first-order chi connectivity index (χ1) is 12.3. The number of halogens is 1. The van der Waals surface area contributed by atoms with Gasteiger partial charge in [-0.2, -0.15) is 0 Å². The van der Waals surface area contributed by atoms with E-state index in [1.54, 1.807) is 23.1 Å². The van der Waals surface area contributed by atoms with E-state index < -0.39 is 0 Å². The van der Waals surface area contributed by atoms with Gasteiger partial charge in [-0.3, -0.25) is 9.59 Å². The molecule has 138 valence electrons. The van der Waals surface area contributed by atoms with Crippen molar-refractivity contribution >= 4 is 34.8 Å². The topological polar surface area (TPSA) is 58.6 Å². The fraction of sp³-hybridized carbons (Fsp3) is 0.300. The molecule has 0 unspecified atom stereocenters. The van der Waals surface area contributed by atoms with Crippen LogP contribution < -0.4 is 15.0 Å². The minimum Gasteiger partial charge on any atom is -0.495 e. The van der Waals surface area contributed by atoms with Crippen LogP contribution in [0.5, 0.6) is 5.75 Å². The molecule has 5 nitrogen and oxygen atoms in total. The molecule has 0 bridgehead atoms. The van der Waals surface area contributed by atoms with Crippen molar-refractivity contribution < 1.29 is 14.3 Å². The largest absolute Gasteiger partial charge is 0.495 e. The van der Waals surface area contributed by atoms with Gasteiger partial charge < -0.3 is 15.0 Å². The average molecular weight is 375 g/mol. The Balaban J connectivity index is 2.08. The lowest BCUT2D eigenvalue weighted by Gasteiger charge is -2.22. The van der Waals surface area contributed by atoms with Crippen molar-refractivity contribution in [2.45, 2.75) is 27.2 Å². The van der Waals surface area contributed by atoms with Crippen molar-refractivity contribution in [1.82, 2.24) is 0 Å². The highest BCUT2D eigenvalue weighted by Gasteiger charge is 2.15. The van der Waals surface area contributed by atoms with Crippen LogP contribution in [-0.4, -0.2) is 25.5 Å². The van der Waals surface area contributed by atoms with Gasteiger partial charge in [0.2, 0.25) is 11.8 Å². The zero-order chi connectivity index (χ0) is 19.3. The van der Waals surface area contributed by atoms with Crippen molar-refractivity contribution in [1.29, 1.82) is 0 Å². The quantitative estimate of drug-likeness (QED) is 0.817. The van der Waals surface area contributed by atoms with Gasteiger partial charge in [-0.25, -0.2) is 0 Å². The molecule has 0 aliphatic heterocycles. The van der Waals surface area contributed by atoms with Gasteiger partial charge in [0.05, 0.1) is 12.8 Å². The van der Waals surface area contributed by atoms with Crippen LogP contribution in [0.4, 0.5) is 11.4 Å². The van der Waals surface area contributed by atoms with Gasteiger partial charge in [0, 0.05) is 30.6 Å². The smallest absolute Gasteiger partial charge is 0.226 e. The van der Waals surface area contributed by atoms with Gasteiger partial charge in [-0.15, -0.1) is 0 Å².